The molecule has 24 heavy (non-hydrogen) atoms. The van der Waals surface area contributed by atoms with E-state index in [9.17, 15) is 9.90 Å². The van der Waals surface area contributed by atoms with E-state index in [0.29, 0.717) is 27.6 Å². The Kier molecular flexibility index (Phi) is 4.51. The van der Waals surface area contributed by atoms with E-state index in [0.717, 1.165) is 5.69 Å². The minimum Gasteiger partial charge on any atom is -0.394 e. The van der Waals surface area contributed by atoms with Crippen molar-refractivity contribution in [3.8, 4) is 5.69 Å². The molecule has 0 aliphatic carbocycles. The van der Waals surface area contributed by atoms with Crippen molar-refractivity contribution in [1.29, 1.82) is 0 Å². The van der Waals surface area contributed by atoms with Gasteiger partial charge >= 0.3 is 5.69 Å². The molecule has 0 aliphatic heterocycles. The molecule has 0 bridgehead atoms. The molecule has 0 saturated carbocycles. The molecule has 7 heteroatoms. The molecule has 2 N–H and O–H groups in total. The zero-order chi connectivity index (χ0) is 17.3. The average Bonchev–Trinajstić information content (AvgIpc) is 2.56. The number of para-hydroxylation sites is 1. The molecule has 6 nitrogen and oxygen atoms in total. The Balaban J connectivity index is 2.34. The van der Waals surface area contributed by atoms with Gasteiger partial charge in [-0.15, -0.1) is 0 Å². The largest absolute Gasteiger partial charge is 0.394 e. The van der Waals surface area contributed by atoms with E-state index >= 15 is 0 Å². The molecule has 1 atom stereocenters. The quantitative estimate of drug-likeness (QED) is 0.760. The maximum absolute atomic E-state index is 12.6. The lowest BCUT2D eigenvalue weighted by molar-refractivity contribution is 0.281. The number of hydrogen-bond acceptors (Lipinski definition) is 5. The van der Waals surface area contributed by atoms with Crippen molar-refractivity contribution in [3.05, 3.63) is 57.6 Å². The minimum atomic E-state index is -0.485. The highest BCUT2D eigenvalue weighted by Crippen LogP contribution is 2.25. The standard InChI is InChI=1S/C17H17ClN4O2/c1-10-7-8-12-15(19-11(2)9-23)21-17(24)22(16(12)20-10)14-6-4-3-5-13(14)18/h3-8,11,23H,9H2,1-2H3,(H,19,21,24)/t11-/m1/s1. The number of rotatable bonds is 4. The lowest BCUT2D eigenvalue weighted by Gasteiger charge is -2.16. The molecule has 0 amide bonds. The third kappa shape index (κ3) is 2.98. The molecule has 0 aliphatic rings. The van der Waals surface area contributed by atoms with Crippen molar-refractivity contribution >= 4 is 28.5 Å². The highest BCUT2D eigenvalue weighted by Gasteiger charge is 2.16. The van der Waals surface area contributed by atoms with Crippen molar-refractivity contribution in [2.45, 2.75) is 19.9 Å². The Morgan fingerprint density at radius 3 is 2.71 bits per heavy atom. The van der Waals surface area contributed by atoms with Crippen LogP contribution < -0.4 is 11.0 Å². The van der Waals surface area contributed by atoms with E-state index in [1.165, 1.54) is 4.57 Å². The zero-order valence-corrected chi connectivity index (χ0v) is 14.1. The summed E-state index contributed by atoms with van der Waals surface area (Å²) >= 11 is 6.25. The third-order valence-corrected chi connectivity index (χ3v) is 3.95. The predicted molar refractivity (Wildman–Crippen MR) is 95.1 cm³/mol. The van der Waals surface area contributed by atoms with Gasteiger partial charge in [-0.2, -0.15) is 4.98 Å². The van der Waals surface area contributed by atoms with Gasteiger partial charge < -0.3 is 10.4 Å². The van der Waals surface area contributed by atoms with Crippen LogP contribution in [0.3, 0.4) is 0 Å². The highest BCUT2D eigenvalue weighted by atomic mass is 35.5. The van der Waals surface area contributed by atoms with Crippen molar-refractivity contribution in [3.63, 3.8) is 0 Å². The molecule has 3 rings (SSSR count). The zero-order valence-electron chi connectivity index (χ0n) is 13.3. The first-order valence-corrected chi connectivity index (χ1v) is 7.91. The predicted octanol–water partition coefficient (Wildman–Crippen LogP) is 2.54. The molecule has 2 heterocycles. The topological polar surface area (TPSA) is 80.0 Å². The van der Waals surface area contributed by atoms with Crippen LogP contribution in [-0.2, 0) is 0 Å². The molecular weight excluding hydrogens is 328 g/mol. The monoisotopic (exact) mass is 344 g/mol. The number of pyridine rings is 1. The van der Waals surface area contributed by atoms with Gasteiger partial charge in [0.15, 0.2) is 5.65 Å². The number of halogens is 1. The Morgan fingerprint density at radius 1 is 1.25 bits per heavy atom. The summed E-state index contributed by atoms with van der Waals surface area (Å²) in [4.78, 5) is 21.3. The van der Waals surface area contributed by atoms with Crippen LogP contribution in [0.5, 0.6) is 0 Å². The number of nitrogens with one attached hydrogen (secondary N) is 1. The molecule has 0 unspecified atom stereocenters. The second-order valence-electron chi connectivity index (χ2n) is 5.58. The number of aliphatic hydroxyl groups excluding tert-OH is 1. The van der Waals surface area contributed by atoms with Gasteiger partial charge in [0.2, 0.25) is 0 Å². The van der Waals surface area contributed by atoms with Crippen molar-refractivity contribution in [1.82, 2.24) is 14.5 Å². The second kappa shape index (κ2) is 6.59. The van der Waals surface area contributed by atoms with Gasteiger partial charge in [-0.1, -0.05) is 23.7 Å². The van der Waals surface area contributed by atoms with Crippen LogP contribution in [0.25, 0.3) is 16.7 Å². The van der Waals surface area contributed by atoms with E-state index in [1.54, 1.807) is 31.2 Å². The van der Waals surface area contributed by atoms with Crippen LogP contribution in [-0.4, -0.2) is 32.3 Å². The number of aliphatic hydroxyl groups is 1. The normalized spacial score (nSPS) is 12.3. The molecule has 0 radical (unpaired) electrons. The van der Waals surface area contributed by atoms with E-state index in [1.807, 2.05) is 19.1 Å². The number of benzene rings is 1. The molecule has 2 aromatic heterocycles. The first kappa shape index (κ1) is 16.4. The first-order chi connectivity index (χ1) is 11.5. The van der Waals surface area contributed by atoms with E-state index in [-0.39, 0.29) is 12.6 Å². The van der Waals surface area contributed by atoms with Crippen LogP contribution >= 0.6 is 11.6 Å². The maximum atomic E-state index is 12.6. The van der Waals surface area contributed by atoms with Gasteiger partial charge in [0, 0.05) is 11.7 Å². The molecule has 0 fully saturated rings. The van der Waals surface area contributed by atoms with Crippen LogP contribution in [0.1, 0.15) is 12.6 Å². The summed E-state index contributed by atoms with van der Waals surface area (Å²) in [6.45, 7) is 3.58. The number of aryl methyl sites for hydroxylation is 1. The highest BCUT2D eigenvalue weighted by molar-refractivity contribution is 6.32. The van der Waals surface area contributed by atoms with Crippen molar-refractivity contribution in [2.75, 3.05) is 11.9 Å². The summed E-state index contributed by atoms with van der Waals surface area (Å²) in [5, 5.41) is 13.4. The average molecular weight is 345 g/mol. The lowest BCUT2D eigenvalue weighted by atomic mass is 10.2. The van der Waals surface area contributed by atoms with Crippen LogP contribution in [0.4, 0.5) is 5.82 Å². The minimum absolute atomic E-state index is 0.0734. The Labute approximate surface area is 143 Å². The van der Waals surface area contributed by atoms with Gasteiger partial charge in [-0.3, -0.25) is 0 Å². The summed E-state index contributed by atoms with van der Waals surface area (Å²) in [7, 11) is 0. The van der Waals surface area contributed by atoms with Gasteiger partial charge in [-0.25, -0.2) is 14.3 Å². The van der Waals surface area contributed by atoms with E-state index in [2.05, 4.69) is 15.3 Å². The van der Waals surface area contributed by atoms with E-state index < -0.39 is 5.69 Å². The van der Waals surface area contributed by atoms with Crippen molar-refractivity contribution in [2.24, 2.45) is 0 Å². The van der Waals surface area contributed by atoms with Crippen LogP contribution in [0.15, 0.2) is 41.2 Å². The summed E-state index contributed by atoms with van der Waals surface area (Å²) in [5.41, 5.74) is 1.29. The number of aromatic nitrogens is 3. The summed E-state index contributed by atoms with van der Waals surface area (Å²) in [6, 6.07) is 10.5. The van der Waals surface area contributed by atoms with Gasteiger partial charge in [0.05, 0.1) is 22.7 Å². The van der Waals surface area contributed by atoms with Crippen LogP contribution in [0, 0.1) is 6.92 Å². The smallest absolute Gasteiger partial charge is 0.355 e. The third-order valence-electron chi connectivity index (χ3n) is 3.63. The first-order valence-electron chi connectivity index (χ1n) is 7.54. The molecule has 0 spiro atoms. The fourth-order valence-corrected chi connectivity index (χ4v) is 2.65. The van der Waals surface area contributed by atoms with E-state index in [4.69, 9.17) is 11.6 Å². The Bertz CT molecular complexity index is 955. The molecule has 124 valence electrons. The van der Waals surface area contributed by atoms with Gasteiger partial charge in [-0.05, 0) is 38.1 Å². The maximum Gasteiger partial charge on any atom is 0.355 e. The number of fused-ring (bicyclic) bond motifs is 1. The summed E-state index contributed by atoms with van der Waals surface area (Å²) in [5.74, 6) is 0.396. The number of nitrogens with zero attached hydrogens (tertiary/aromatic N) is 3. The molecule has 0 saturated heterocycles. The Hall–Kier alpha value is -2.44. The Morgan fingerprint density at radius 2 is 2.00 bits per heavy atom. The molecular formula is C17H17ClN4O2. The fraction of sp³-hybridized carbons (Fsp3) is 0.235. The number of anilines is 1. The van der Waals surface area contributed by atoms with Crippen LogP contribution in [0.2, 0.25) is 5.02 Å². The second-order valence-corrected chi connectivity index (χ2v) is 5.99. The summed E-state index contributed by atoms with van der Waals surface area (Å²) < 4.78 is 1.40. The number of hydrogen-bond donors (Lipinski definition) is 2. The van der Waals surface area contributed by atoms with Crippen molar-refractivity contribution < 1.29 is 5.11 Å². The fourth-order valence-electron chi connectivity index (χ4n) is 2.43. The molecule has 1 aromatic carbocycles. The summed E-state index contributed by atoms with van der Waals surface area (Å²) in [6.07, 6.45) is 0. The SMILES string of the molecule is Cc1ccc2c(N[C@H](C)CO)nc(=O)n(-c3ccccc3Cl)c2n1. The van der Waals surface area contributed by atoms with Gasteiger partial charge in [0.1, 0.15) is 5.82 Å². The van der Waals surface area contributed by atoms with Gasteiger partial charge in [0.25, 0.3) is 0 Å². The lowest BCUT2D eigenvalue weighted by Crippen LogP contribution is -2.27. The molecule has 3 aromatic rings.